The van der Waals surface area contributed by atoms with Crippen molar-refractivity contribution in [3.8, 4) is 0 Å². The number of halogens is 7. The van der Waals surface area contributed by atoms with E-state index in [1.165, 1.54) is 17.0 Å². The van der Waals surface area contributed by atoms with Crippen LogP contribution >= 0.6 is 11.6 Å². The van der Waals surface area contributed by atoms with Gasteiger partial charge in [-0.1, -0.05) is 35.4 Å². The standard InChI is InChI=1S/C27H30ClF6N3O5S/c1-17-2-6-21(7-3-17)43(40,41)42-16-18-8-9-36(13-18)22-12-20(28)5-4-19(22)14-35-10-11-37(25(38)39)23(15-35)24(26(29,30)31)27(32,33)34/h2-7,12,18,23-24H,8-11,13-16H2,1H3,(H,38,39). The number of amides is 1. The Bertz CT molecular complexity index is 1390. The molecule has 2 fully saturated rings. The molecule has 1 N–H and O–H groups in total. The van der Waals surface area contributed by atoms with Crippen LogP contribution in [0.1, 0.15) is 17.5 Å². The predicted molar refractivity (Wildman–Crippen MR) is 145 cm³/mol. The smallest absolute Gasteiger partial charge is 0.407 e. The molecule has 0 aromatic heterocycles. The molecule has 0 spiro atoms. The number of nitrogens with zero attached hydrogens (tertiary/aromatic N) is 3. The zero-order valence-corrected chi connectivity index (χ0v) is 24.5. The third-order valence-electron chi connectivity index (χ3n) is 7.67. The summed E-state index contributed by atoms with van der Waals surface area (Å²) in [6.45, 7) is 1.12. The van der Waals surface area contributed by atoms with Crippen LogP contribution in [0.2, 0.25) is 5.02 Å². The maximum absolute atomic E-state index is 13.6. The Hall–Kier alpha value is -2.75. The van der Waals surface area contributed by atoms with E-state index in [2.05, 4.69) is 0 Å². The number of anilines is 1. The average molecular weight is 658 g/mol. The van der Waals surface area contributed by atoms with E-state index in [1.54, 1.807) is 30.3 Å². The van der Waals surface area contributed by atoms with Gasteiger partial charge in [-0.3, -0.25) is 9.08 Å². The third-order valence-corrected chi connectivity index (χ3v) is 9.21. The van der Waals surface area contributed by atoms with Gasteiger partial charge in [0.15, 0.2) is 5.92 Å². The molecule has 0 aliphatic carbocycles. The van der Waals surface area contributed by atoms with Gasteiger partial charge in [0.1, 0.15) is 0 Å². The van der Waals surface area contributed by atoms with Crippen molar-refractivity contribution < 1.29 is 48.8 Å². The van der Waals surface area contributed by atoms with Crippen LogP contribution in [0.3, 0.4) is 0 Å². The van der Waals surface area contributed by atoms with Gasteiger partial charge in [-0.15, -0.1) is 0 Å². The fourth-order valence-corrected chi connectivity index (χ4v) is 6.65. The van der Waals surface area contributed by atoms with Crippen LogP contribution in [0.15, 0.2) is 47.4 Å². The highest BCUT2D eigenvalue weighted by Gasteiger charge is 2.62. The summed E-state index contributed by atoms with van der Waals surface area (Å²) in [5.74, 6) is -4.03. The molecule has 1 amide bonds. The minimum atomic E-state index is -5.70. The van der Waals surface area contributed by atoms with Crippen molar-refractivity contribution in [1.82, 2.24) is 9.80 Å². The molecule has 2 aromatic carbocycles. The first-order valence-corrected chi connectivity index (χ1v) is 15.1. The number of hydrogen-bond acceptors (Lipinski definition) is 6. The molecule has 2 heterocycles. The monoisotopic (exact) mass is 657 g/mol. The first-order chi connectivity index (χ1) is 20.0. The summed E-state index contributed by atoms with van der Waals surface area (Å²) in [4.78, 5) is 15.1. The minimum Gasteiger partial charge on any atom is -0.465 e. The molecule has 2 atom stereocenters. The minimum absolute atomic E-state index is 0.0321. The number of aryl methyl sites for hydroxylation is 1. The highest BCUT2D eigenvalue weighted by molar-refractivity contribution is 7.86. The van der Waals surface area contributed by atoms with Gasteiger partial charge in [0.2, 0.25) is 0 Å². The number of rotatable bonds is 8. The zero-order valence-electron chi connectivity index (χ0n) is 22.9. The SMILES string of the molecule is Cc1ccc(S(=O)(=O)OCC2CCN(c3cc(Cl)ccc3CN3CCN(C(=O)O)C(C(C(F)(F)F)C(F)(F)F)C3)C2)cc1. The molecule has 0 saturated carbocycles. The lowest BCUT2D eigenvalue weighted by molar-refractivity contribution is -0.300. The van der Waals surface area contributed by atoms with Crippen LogP contribution in [-0.2, 0) is 20.8 Å². The summed E-state index contributed by atoms with van der Waals surface area (Å²) >= 11 is 6.23. The van der Waals surface area contributed by atoms with Gasteiger partial charge in [0.05, 0.1) is 17.5 Å². The van der Waals surface area contributed by atoms with Crippen LogP contribution in [0.5, 0.6) is 0 Å². The Morgan fingerprint density at radius 2 is 1.67 bits per heavy atom. The molecule has 238 valence electrons. The number of hydrogen-bond donors (Lipinski definition) is 1. The van der Waals surface area contributed by atoms with Gasteiger partial charge < -0.3 is 14.9 Å². The van der Waals surface area contributed by atoms with E-state index < -0.39 is 53.6 Å². The summed E-state index contributed by atoms with van der Waals surface area (Å²) in [5, 5.41) is 9.73. The summed E-state index contributed by atoms with van der Waals surface area (Å²) in [6.07, 6.45) is -12.7. The summed E-state index contributed by atoms with van der Waals surface area (Å²) in [6, 6.07) is 8.63. The Balaban J connectivity index is 1.48. The molecule has 0 radical (unpaired) electrons. The van der Waals surface area contributed by atoms with Crippen molar-refractivity contribution in [3.05, 3.63) is 58.6 Å². The summed E-state index contributed by atoms with van der Waals surface area (Å²) < 4.78 is 112. The lowest BCUT2D eigenvalue weighted by Gasteiger charge is -2.44. The van der Waals surface area contributed by atoms with E-state index in [0.29, 0.717) is 35.8 Å². The predicted octanol–water partition coefficient (Wildman–Crippen LogP) is 5.79. The molecule has 4 rings (SSSR count). The lowest BCUT2D eigenvalue weighted by Crippen LogP contribution is -2.62. The topological polar surface area (TPSA) is 90.4 Å². The van der Waals surface area contributed by atoms with Crippen LogP contribution in [-0.4, -0.2) is 87.1 Å². The molecule has 2 aliphatic heterocycles. The third kappa shape index (κ3) is 8.05. The quantitative estimate of drug-likeness (QED) is 0.284. The van der Waals surface area contributed by atoms with Gasteiger partial charge in [-0.2, -0.15) is 34.8 Å². The average Bonchev–Trinajstić information content (AvgIpc) is 3.36. The van der Waals surface area contributed by atoms with Gasteiger partial charge in [0.25, 0.3) is 10.1 Å². The van der Waals surface area contributed by atoms with Crippen LogP contribution < -0.4 is 4.90 Å². The molecular formula is C27H30ClF6N3O5S. The number of alkyl halides is 6. The Morgan fingerprint density at radius 1 is 1.02 bits per heavy atom. The Labute approximate surface area is 249 Å². The number of piperazine rings is 1. The van der Waals surface area contributed by atoms with E-state index in [9.17, 15) is 44.7 Å². The maximum atomic E-state index is 13.6. The zero-order chi connectivity index (χ0) is 31.7. The Kier molecular flexibility index (Phi) is 9.79. The molecular weight excluding hydrogens is 628 g/mol. The normalized spacial score (nSPS) is 20.7. The molecule has 2 unspecified atom stereocenters. The van der Waals surface area contributed by atoms with E-state index in [-0.39, 0.29) is 35.4 Å². The fourth-order valence-electron chi connectivity index (χ4n) is 5.51. The van der Waals surface area contributed by atoms with E-state index in [4.69, 9.17) is 15.8 Å². The van der Waals surface area contributed by atoms with E-state index in [1.807, 2.05) is 11.8 Å². The molecule has 2 saturated heterocycles. The van der Waals surface area contributed by atoms with Crippen molar-refractivity contribution >= 4 is 33.5 Å². The van der Waals surface area contributed by atoms with Crippen molar-refractivity contribution in [2.45, 2.75) is 43.2 Å². The number of carbonyl (C=O) groups is 1. The van der Waals surface area contributed by atoms with Crippen molar-refractivity contribution in [1.29, 1.82) is 0 Å². The lowest BCUT2D eigenvalue weighted by atomic mass is 9.94. The molecule has 8 nitrogen and oxygen atoms in total. The molecule has 0 bridgehead atoms. The first-order valence-electron chi connectivity index (χ1n) is 13.3. The largest absolute Gasteiger partial charge is 0.465 e. The maximum Gasteiger partial charge on any atom is 0.407 e. The second-order valence-electron chi connectivity index (χ2n) is 10.8. The van der Waals surface area contributed by atoms with Crippen molar-refractivity contribution in [3.63, 3.8) is 0 Å². The van der Waals surface area contributed by atoms with Gasteiger partial charge >= 0.3 is 18.4 Å². The highest BCUT2D eigenvalue weighted by atomic mass is 35.5. The molecule has 43 heavy (non-hydrogen) atoms. The second-order valence-corrected chi connectivity index (χ2v) is 12.8. The van der Waals surface area contributed by atoms with E-state index >= 15 is 0 Å². The van der Waals surface area contributed by atoms with Crippen molar-refractivity contribution in [2.75, 3.05) is 44.2 Å². The van der Waals surface area contributed by atoms with Crippen LogP contribution in [0.4, 0.5) is 36.8 Å². The molecule has 2 aliphatic rings. The summed E-state index contributed by atoms with van der Waals surface area (Å²) in [7, 11) is -3.98. The van der Waals surface area contributed by atoms with Gasteiger partial charge in [0, 0.05) is 55.9 Å². The highest BCUT2D eigenvalue weighted by Crippen LogP contribution is 2.44. The molecule has 2 aromatic rings. The van der Waals surface area contributed by atoms with Crippen LogP contribution in [0, 0.1) is 18.8 Å². The van der Waals surface area contributed by atoms with Gasteiger partial charge in [-0.05, 0) is 43.2 Å². The van der Waals surface area contributed by atoms with Crippen LogP contribution in [0.25, 0.3) is 0 Å². The summed E-state index contributed by atoms with van der Waals surface area (Å²) in [5.41, 5.74) is 2.05. The fraction of sp³-hybridized carbons (Fsp3) is 0.519. The number of carboxylic acid groups (broad SMARTS) is 1. The van der Waals surface area contributed by atoms with Gasteiger partial charge in [-0.25, -0.2) is 4.79 Å². The second kappa shape index (κ2) is 12.7. The Morgan fingerprint density at radius 3 is 2.28 bits per heavy atom. The molecule has 16 heteroatoms. The van der Waals surface area contributed by atoms with E-state index in [0.717, 1.165) is 5.56 Å². The van der Waals surface area contributed by atoms with Crippen molar-refractivity contribution in [2.24, 2.45) is 11.8 Å². The first kappa shape index (κ1) is 33.1. The number of benzene rings is 2.